The molecule has 2 heterocycles. The molecule has 38 heavy (non-hydrogen) atoms. The van der Waals surface area contributed by atoms with Crippen molar-refractivity contribution in [1.29, 1.82) is 0 Å². The number of anilines is 1. The van der Waals surface area contributed by atoms with Gasteiger partial charge >= 0.3 is 5.91 Å². The van der Waals surface area contributed by atoms with Crippen molar-refractivity contribution in [2.45, 2.75) is 39.7 Å². The number of nitrogens with zero attached hydrogens (tertiary/aromatic N) is 2. The fraction of sp³-hybridized carbons (Fsp3) is 0.233. The number of ketones is 1. The zero-order chi connectivity index (χ0) is 27.0. The van der Waals surface area contributed by atoms with Crippen LogP contribution < -0.4 is 9.64 Å². The first-order valence-corrected chi connectivity index (χ1v) is 13.3. The van der Waals surface area contributed by atoms with E-state index in [0.29, 0.717) is 28.6 Å². The van der Waals surface area contributed by atoms with Gasteiger partial charge in [0.15, 0.2) is 5.13 Å². The number of unbranched alkanes of at least 4 members (excludes halogenated alkanes) is 1. The van der Waals surface area contributed by atoms with Crippen LogP contribution in [0, 0.1) is 19.7 Å². The Bertz CT molecular complexity index is 1580. The van der Waals surface area contributed by atoms with Crippen molar-refractivity contribution >= 4 is 44.1 Å². The van der Waals surface area contributed by atoms with Crippen LogP contribution in [0.2, 0.25) is 0 Å². The number of hydrogen-bond acceptors (Lipinski definition) is 6. The molecule has 4 aromatic rings. The number of aryl methyl sites for hydroxylation is 2. The van der Waals surface area contributed by atoms with Gasteiger partial charge in [-0.15, -0.1) is 0 Å². The molecule has 1 aromatic heterocycles. The lowest BCUT2D eigenvalue weighted by atomic mass is 9.95. The van der Waals surface area contributed by atoms with Crippen LogP contribution in [-0.4, -0.2) is 28.4 Å². The van der Waals surface area contributed by atoms with Crippen molar-refractivity contribution in [3.63, 3.8) is 0 Å². The minimum Gasteiger partial charge on any atom is -0.507 e. The molecule has 8 heteroatoms. The normalized spacial score (nSPS) is 16.9. The van der Waals surface area contributed by atoms with Crippen LogP contribution in [0.25, 0.3) is 16.0 Å². The van der Waals surface area contributed by atoms with Crippen LogP contribution in [0.4, 0.5) is 9.52 Å². The number of amides is 1. The number of aliphatic hydroxyl groups excluding tert-OH is 1. The first-order valence-electron chi connectivity index (χ1n) is 12.5. The zero-order valence-electron chi connectivity index (χ0n) is 21.3. The van der Waals surface area contributed by atoms with E-state index in [1.165, 1.54) is 40.5 Å². The minimum absolute atomic E-state index is 0.0838. The summed E-state index contributed by atoms with van der Waals surface area (Å²) < 4.78 is 20.5. The Kier molecular flexibility index (Phi) is 6.99. The topological polar surface area (TPSA) is 79.7 Å². The largest absolute Gasteiger partial charge is 0.507 e. The van der Waals surface area contributed by atoms with Crippen molar-refractivity contribution in [1.82, 2.24) is 4.98 Å². The van der Waals surface area contributed by atoms with Crippen molar-refractivity contribution in [3.05, 3.63) is 94.3 Å². The van der Waals surface area contributed by atoms with Gasteiger partial charge in [-0.25, -0.2) is 9.37 Å². The maximum Gasteiger partial charge on any atom is 0.301 e. The van der Waals surface area contributed by atoms with Gasteiger partial charge in [0, 0.05) is 5.56 Å². The smallest absolute Gasteiger partial charge is 0.301 e. The van der Waals surface area contributed by atoms with E-state index in [0.717, 1.165) is 34.2 Å². The van der Waals surface area contributed by atoms with Crippen molar-refractivity contribution in [2.75, 3.05) is 11.5 Å². The van der Waals surface area contributed by atoms with E-state index in [4.69, 9.17) is 9.72 Å². The van der Waals surface area contributed by atoms with Crippen LogP contribution in [-0.2, 0) is 9.59 Å². The lowest BCUT2D eigenvalue weighted by Crippen LogP contribution is -2.29. The lowest BCUT2D eigenvalue weighted by molar-refractivity contribution is -0.132. The highest BCUT2D eigenvalue weighted by molar-refractivity contribution is 7.22. The van der Waals surface area contributed by atoms with Gasteiger partial charge in [0.25, 0.3) is 5.78 Å². The average molecular weight is 531 g/mol. The minimum atomic E-state index is -0.984. The Labute approximate surface area is 224 Å². The van der Waals surface area contributed by atoms with Gasteiger partial charge in [0.05, 0.1) is 28.4 Å². The summed E-state index contributed by atoms with van der Waals surface area (Å²) >= 11 is 1.30. The molecule has 1 aliphatic heterocycles. The molecular formula is C30H27FN2O4S. The SMILES string of the molecule is CCCCOc1cccc(C(O)=C2C(=O)C(=O)N(c3nc4c(C)cc(C)cc4s3)C2c2ccc(F)cc2)c1. The molecule has 6 nitrogen and oxygen atoms in total. The number of carbonyl (C=O) groups excluding carboxylic acids is 2. The standard InChI is InChI=1S/C30H27FN2O4S/c1-4-5-13-37-22-8-6-7-20(16-22)27(34)24-26(19-9-11-21(31)12-10-19)33(29(36)28(24)35)30-32-25-18(3)14-17(2)15-23(25)38-30/h6-12,14-16,26,34H,4-5,13H2,1-3H3. The molecule has 1 atom stereocenters. The second-order valence-corrected chi connectivity index (χ2v) is 10.4. The van der Waals surface area contributed by atoms with Gasteiger partial charge in [-0.1, -0.05) is 55.0 Å². The van der Waals surface area contributed by atoms with Crippen LogP contribution in [0.5, 0.6) is 5.75 Å². The van der Waals surface area contributed by atoms with Gasteiger partial charge < -0.3 is 9.84 Å². The van der Waals surface area contributed by atoms with E-state index >= 15 is 0 Å². The number of hydrogen-bond donors (Lipinski definition) is 1. The first kappa shape index (κ1) is 25.6. The van der Waals surface area contributed by atoms with Crippen LogP contribution in [0.15, 0.2) is 66.2 Å². The third kappa shape index (κ3) is 4.67. The molecule has 3 aromatic carbocycles. The number of ether oxygens (including phenoxy) is 1. The molecule has 1 aliphatic rings. The predicted molar refractivity (Wildman–Crippen MR) is 147 cm³/mol. The molecule has 1 N–H and O–H groups in total. The molecule has 1 saturated heterocycles. The zero-order valence-corrected chi connectivity index (χ0v) is 22.1. The van der Waals surface area contributed by atoms with Gasteiger partial charge in [0.2, 0.25) is 0 Å². The van der Waals surface area contributed by atoms with E-state index < -0.39 is 23.5 Å². The number of halogens is 1. The molecule has 5 rings (SSSR count). The number of rotatable bonds is 7. The molecule has 0 bridgehead atoms. The van der Waals surface area contributed by atoms with Gasteiger partial charge in [0.1, 0.15) is 17.3 Å². The Balaban J connectivity index is 1.66. The summed E-state index contributed by atoms with van der Waals surface area (Å²) in [5.41, 5.74) is 3.50. The second-order valence-electron chi connectivity index (χ2n) is 9.38. The number of benzene rings is 3. The van der Waals surface area contributed by atoms with Crippen LogP contribution in [0.1, 0.15) is 48.1 Å². The highest BCUT2D eigenvalue weighted by atomic mass is 32.1. The number of aromatic nitrogens is 1. The summed E-state index contributed by atoms with van der Waals surface area (Å²) in [5.74, 6) is -1.86. The predicted octanol–water partition coefficient (Wildman–Crippen LogP) is 6.86. The highest BCUT2D eigenvalue weighted by Gasteiger charge is 2.48. The first-order chi connectivity index (χ1) is 18.3. The summed E-state index contributed by atoms with van der Waals surface area (Å²) in [5, 5.41) is 11.7. The van der Waals surface area contributed by atoms with Crippen molar-refractivity contribution in [3.8, 4) is 5.75 Å². The number of carbonyl (C=O) groups is 2. The quantitative estimate of drug-likeness (QED) is 0.122. The summed E-state index contributed by atoms with van der Waals surface area (Å²) in [4.78, 5) is 32.9. The van der Waals surface area contributed by atoms with Crippen LogP contribution >= 0.6 is 11.3 Å². The fourth-order valence-electron chi connectivity index (χ4n) is 4.68. The molecule has 1 unspecified atom stereocenters. The van der Waals surface area contributed by atoms with Crippen LogP contribution in [0.3, 0.4) is 0 Å². The monoisotopic (exact) mass is 530 g/mol. The van der Waals surface area contributed by atoms with E-state index in [1.807, 2.05) is 26.0 Å². The second kappa shape index (κ2) is 10.4. The highest BCUT2D eigenvalue weighted by Crippen LogP contribution is 2.45. The number of fused-ring (bicyclic) bond motifs is 1. The molecule has 0 saturated carbocycles. The third-order valence-corrected chi connectivity index (χ3v) is 7.53. The maximum atomic E-state index is 13.8. The average Bonchev–Trinajstić information content (AvgIpc) is 3.43. The Morgan fingerprint density at radius 2 is 1.87 bits per heavy atom. The number of thiazole rings is 1. The van der Waals surface area contributed by atoms with Crippen molar-refractivity contribution in [2.24, 2.45) is 0 Å². The third-order valence-electron chi connectivity index (χ3n) is 6.53. The van der Waals surface area contributed by atoms with Gasteiger partial charge in [-0.05, 0) is 67.3 Å². The molecular weight excluding hydrogens is 503 g/mol. The Morgan fingerprint density at radius 1 is 1.11 bits per heavy atom. The molecule has 1 fully saturated rings. The maximum absolute atomic E-state index is 13.8. The van der Waals surface area contributed by atoms with E-state index in [1.54, 1.807) is 24.3 Å². The summed E-state index contributed by atoms with van der Waals surface area (Å²) in [7, 11) is 0. The van der Waals surface area contributed by atoms with E-state index in [2.05, 4.69) is 6.92 Å². The number of aliphatic hydroxyl groups is 1. The summed E-state index contributed by atoms with van der Waals surface area (Å²) in [6.07, 6.45) is 1.86. The Morgan fingerprint density at radius 3 is 2.61 bits per heavy atom. The summed E-state index contributed by atoms with van der Waals surface area (Å²) in [6.45, 7) is 6.52. The lowest BCUT2D eigenvalue weighted by Gasteiger charge is -2.23. The fourth-order valence-corrected chi connectivity index (χ4v) is 5.84. The summed E-state index contributed by atoms with van der Waals surface area (Å²) in [6, 6.07) is 15.4. The molecule has 194 valence electrons. The van der Waals surface area contributed by atoms with E-state index in [-0.39, 0.29) is 11.3 Å². The molecule has 0 aliphatic carbocycles. The van der Waals surface area contributed by atoms with E-state index in [9.17, 15) is 19.1 Å². The molecule has 0 spiro atoms. The molecule has 1 amide bonds. The number of Topliss-reactive ketones (excluding diaryl/α,β-unsaturated/α-hetero) is 1. The Hall–Kier alpha value is -4.04. The molecule has 0 radical (unpaired) electrons. The van der Waals surface area contributed by atoms with Crippen molar-refractivity contribution < 1.29 is 23.8 Å². The van der Waals surface area contributed by atoms with Gasteiger partial charge in [-0.3, -0.25) is 14.5 Å². The van der Waals surface area contributed by atoms with Gasteiger partial charge in [-0.2, -0.15) is 0 Å².